The number of nitrogens with one attached hydrogen (secondary N) is 1. The van der Waals surface area contributed by atoms with E-state index in [0.717, 1.165) is 12.1 Å². The van der Waals surface area contributed by atoms with E-state index in [9.17, 15) is 18.0 Å². The molecule has 6 heteroatoms. The molecule has 0 aliphatic carbocycles. The van der Waals surface area contributed by atoms with Crippen molar-refractivity contribution in [3.05, 3.63) is 35.4 Å². The quantitative estimate of drug-likeness (QED) is 0.846. The molecule has 1 N–H and O–H groups in total. The summed E-state index contributed by atoms with van der Waals surface area (Å²) in [7, 11) is 1.21. The molecule has 0 bridgehead atoms. The molecule has 1 atom stereocenters. The third-order valence-electron chi connectivity index (χ3n) is 2.71. The molecule has 1 rings (SSSR count). The normalized spacial score (nSPS) is 13.3. The van der Waals surface area contributed by atoms with Gasteiger partial charge in [0.2, 0.25) is 0 Å². The van der Waals surface area contributed by atoms with E-state index in [4.69, 9.17) is 0 Å². The number of alkyl halides is 3. The number of benzene rings is 1. The predicted molar refractivity (Wildman–Crippen MR) is 69.0 cm³/mol. The van der Waals surface area contributed by atoms with E-state index in [-0.39, 0.29) is 11.5 Å². The Labute approximate surface area is 116 Å². The molecule has 0 heterocycles. The number of carbonyl (C=O) groups is 1. The van der Waals surface area contributed by atoms with Crippen LogP contribution in [0.15, 0.2) is 24.3 Å². The van der Waals surface area contributed by atoms with Crippen molar-refractivity contribution in [1.29, 1.82) is 0 Å². The van der Waals surface area contributed by atoms with Crippen LogP contribution in [0.2, 0.25) is 0 Å². The Hall–Kier alpha value is -1.56. The number of hydrogen-bond acceptors (Lipinski definition) is 3. The van der Waals surface area contributed by atoms with Crippen LogP contribution in [0.3, 0.4) is 0 Å². The summed E-state index contributed by atoms with van der Waals surface area (Å²) in [5.41, 5.74) is -0.539. The first-order chi connectivity index (χ1) is 9.25. The van der Waals surface area contributed by atoms with E-state index in [1.165, 1.54) is 19.2 Å². The Kier molecular flexibility index (Phi) is 5.56. The van der Waals surface area contributed by atoms with Crippen molar-refractivity contribution in [3.63, 3.8) is 0 Å². The highest BCUT2D eigenvalue weighted by molar-refractivity contribution is 5.77. The molecule has 0 saturated heterocycles. The Morgan fingerprint density at radius 1 is 1.35 bits per heavy atom. The fourth-order valence-corrected chi connectivity index (χ4v) is 1.70. The number of ether oxygens (including phenoxy) is 1. The van der Waals surface area contributed by atoms with E-state index in [1.807, 2.05) is 13.8 Å². The standard InChI is InChI=1S/C14H18F3NO2/c1-9(2)8-18-12(13(19)20-3)10-5-4-6-11(7-10)14(15,16)17/h4-7,9,12,18H,8H2,1-3H3. The van der Waals surface area contributed by atoms with E-state index in [1.54, 1.807) is 0 Å². The predicted octanol–water partition coefficient (Wildman–Crippen LogP) is 3.17. The summed E-state index contributed by atoms with van der Waals surface area (Å²) < 4.78 is 42.7. The lowest BCUT2D eigenvalue weighted by Gasteiger charge is -2.19. The van der Waals surface area contributed by atoms with Gasteiger partial charge in [0.05, 0.1) is 12.7 Å². The average molecular weight is 289 g/mol. The number of methoxy groups -OCH3 is 1. The van der Waals surface area contributed by atoms with Gasteiger partial charge in [-0.15, -0.1) is 0 Å². The topological polar surface area (TPSA) is 38.3 Å². The van der Waals surface area contributed by atoms with E-state index in [2.05, 4.69) is 10.1 Å². The van der Waals surface area contributed by atoms with Gasteiger partial charge in [-0.3, -0.25) is 0 Å². The maximum atomic E-state index is 12.7. The lowest BCUT2D eigenvalue weighted by molar-refractivity contribution is -0.144. The summed E-state index contributed by atoms with van der Waals surface area (Å²) in [6, 6.07) is 3.80. The number of hydrogen-bond donors (Lipinski definition) is 1. The smallest absolute Gasteiger partial charge is 0.416 e. The number of esters is 1. The zero-order valence-corrected chi connectivity index (χ0v) is 11.6. The summed E-state index contributed by atoms with van der Waals surface area (Å²) in [6.07, 6.45) is -4.44. The second kappa shape index (κ2) is 6.74. The number of carbonyl (C=O) groups excluding carboxylic acids is 1. The zero-order valence-electron chi connectivity index (χ0n) is 11.6. The molecule has 0 aliphatic rings. The van der Waals surface area contributed by atoms with Gasteiger partial charge in [-0.05, 0) is 30.2 Å². The maximum Gasteiger partial charge on any atom is 0.416 e. The van der Waals surface area contributed by atoms with Crippen molar-refractivity contribution in [2.24, 2.45) is 5.92 Å². The van der Waals surface area contributed by atoms with Crippen molar-refractivity contribution in [2.75, 3.05) is 13.7 Å². The third-order valence-corrected chi connectivity index (χ3v) is 2.71. The summed E-state index contributed by atoms with van der Waals surface area (Å²) in [4.78, 5) is 11.7. The van der Waals surface area contributed by atoms with Gasteiger partial charge in [-0.1, -0.05) is 26.0 Å². The highest BCUT2D eigenvalue weighted by Crippen LogP contribution is 2.31. The number of halogens is 3. The highest BCUT2D eigenvalue weighted by atomic mass is 19.4. The molecular weight excluding hydrogens is 271 g/mol. The summed E-state index contributed by atoms with van der Waals surface area (Å²) in [5, 5.41) is 2.92. The fraction of sp³-hybridized carbons (Fsp3) is 0.500. The molecule has 1 unspecified atom stereocenters. The van der Waals surface area contributed by atoms with Crippen LogP contribution in [0.5, 0.6) is 0 Å². The first-order valence-corrected chi connectivity index (χ1v) is 6.24. The molecule has 0 fully saturated rings. The van der Waals surface area contributed by atoms with Gasteiger partial charge in [-0.25, -0.2) is 4.79 Å². The van der Waals surface area contributed by atoms with Crippen molar-refractivity contribution in [3.8, 4) is 0 Å². The monoisotopic (exact) mass is 289 g/mol. The second-order valence-electron chi connectivity index (χ2n) is 4.88. The van der Waals surface area contributed by atoms with Crippen LogP contribution in [-0.4, -0.2) is 19.6 Å². The van der Waals surface area contributed by atoms with Gasteiger partial charge >= 0.3 is 12.1 Å². The lowest BCUT2D eigenvalue weighted by atomic mass is 10.0. The average Bonchev–Trinajstić information content (AvgIpc) is 2.37. The first-order valence-electron chi connectivity index (χ1n) is 6.24. The van der Waals surface area contributed by atoms with Crippen molar-refractivity contribution >= 4 is 5.97 Å². The van der Waals surface area contributed by atoms with Crippen LogP contribution in [0, 0.1) is 5.92 Å². The lowest BCUT2D eigenvalue weighted by Crippen LogP contribution is -2.32. The zero-order chi connectivity index (χ0) is 15.3. The van der Waals surface area contributed by atoms with Crippen LogP contribution >= 0.6 is 0 Å². The Morgan fingerprint density at radius 2 is 2.00 bits per heavy atom. The molecule has 0 aromatic heterocycles. The Balaban J connectivity index is 3.04. The minimum atomic E-state index is -4.44. The Bertz CT molecular complexity index is 458. The molecule has 0 saturated carbocycles. The highest BCUT2D eigenvalue weighted by Gasteiger charge is 2.32. The molecule has 3 nitrogen and oxygen atoms in total. The molecule has 1 aromatic carbocycles. The van der Waals surface area contributed by atoms with Crippen molar-refractivity contribution < 1.29 is 22.7 Å². The van der Waals surface area contributed by atoms with E-state index in [0.29, 0.717) is 6.54 Å². The largest absolute Gasteiger partial charge is 0.468 e. The number of rotatable bonds is 5. The Morgan fingerprint density at radius 3 is 2.50 bits per heavy atom. The van der Waals surface area contributed by atoms with Gasteiger partial charge in [0.15, 0.2) is 0 Å². The van der Waals surface area contributed by atoms with Gasteiger partial charge in [0.25, 0.3) is 0 Å². The van der Waals surface area contributed by atoms with Gasteiger partial charge in [-0.2, -0.15) is 13.2 Å². The van der Waals surface area contributed by atoms with Gasteiger partial charge < -0.3 is 10.1 Å². The van der Waals surface area contributed by atoms with E-state index < -0.39 is 23.8 Å². The van der Waals surface area contributed by atoms with Crippen LogP contribution in [-0.2, 0) is 15.7 Å². The van der Waals surface area contributed by atoms with Gasteiger partial charge in [0.1, 0.15) is 6.04 Å². The van der Waals surface area contributed by atoms with Crippen molar-refractivity contribution in [2.45, 2.75) is 26.1 Å². The van der Waals surface area contributed by atoms with Crippen molar-refractivity contribution in [1.82, 2.24) is 5.32 Å². The third kappa shape index (κ3) is 4.52. The van der Waals surface area contributed by atoms with E-state index >= 15 is 0 Å². The molecule has 1 aromatic rings. The van der Waals surface area contributed by atoms with Crippen LogP contribution in [0.1, 0.15) is 31.0 Å². The molecule has 0 spiro atoms. The molecule has 0 amide bonds. The molecular formula is C14H18F3NO2. The van der Waals surface area contributed by atoms with Gasteiger partial charge in [0, 0.05) is 0 Å². The summed E-state index contributed by atoms with van der Waals surface area (Å²) >= 11 is 0. The summed E-state index contributed by atoms with van der Waals surface area (Å²) in [6.45, 7) is 4.37. The summed E-state index contributed by atoms with van der Waals surface area (Å²) in [5.74, 6) is -0.349. The molecule has 112 valence electrons. The van der Waals surface area contributed by atoms with Crippen LogP contribution in [0.4, 0.5) is 13.2 Å². The minimum Gasteiger partial charge on any atom is -0.468 e. The SMILES string of the molecule is COC(=O)C(NCC(C)C)c1cccc(C(F)(F)F)c1. The molecule has 0 radical (unpaired) electrons. The first kappa shape index (κ1) is 16.5. The second-order valence-corrected chi connectivity index (χ2v) is 4.88. The van der Waals surface area contributed by atoms with Crippen LogP contribution in [0.25, 0.3) is 0 Å². The minimum absolute atomic E-state index is 0.243. The molecule has 20 heavy (non-hydrogen) atoms. The fourth-order valence-electron chi connectivity index (χ4n) is 1.70. The molecule has 0 aliphatic heterocycles. The maximum absolute atomic E-state index is 12.7. The van der Waals surface area contributed by atoms with Crippen LogP contribution < -0.4 is 5.32 Å².